The van der Waals surface area contributed by atoms with E-state index in [2.05, 4.69) is 5.10 Å². The summed E-state index contributed by atoms with van der Waals surface area (Å²) in [6.07, 6.45) is -4.28. The van der Waals surface area contributed by atoms with Crippen molar-refractivity contribution < 1.29 is 18.7 Å². The molecule has 2 heterocycles. The van der Waals surface area contributed by atoms with Gasteiger partial charge in [0, 0.05) is 24.0 Å². The Kier molecular flexibility index (Phi) is 5.94. The number of hydrogen-bond donors (Lipinski definition) is 1. The van der Waals surface area contributed by atoms with Gasteiger partial charge in [0.15, 0.2) is 5.15 Å². The zero-order valence-electron chi connectivity index (χ0n) is 16.9. The Hall–Kier alpha value is -2.22. The zero-order chi connectivity index (χ0) is 22.4. The quantitative estimate of drug-likeness (QED) is 0.595. The Morgan fingerprint density at radius 1 is 1.29 bits per heavy atom. The summed E-state index contributed by atoms with van der Waals surface area (Å²) in [4.78, 5) is 15.0. The minimum atomic E-state index is -2.87. The van der Waals surface area contributed by atoms with Crippen LogP contribution in [0.15, 0.2) is 30.3 Å². The van der Waals surface area contributed by atoms with E-state index in [9.17, 15) is 18.7 Å². The summed E-state index contributed by atoms with van der Waals surface area (Å²) in [5, 5.41) is 15.5. The first-order valence-corrected chi connectivity index (χ1v) is 10.6. The van der Waals surface area contributed by atoms with Crippen LogP contribution >= 0.6 is 23.2 Å². The van der Waals surface area contributed by atoms with Crippen molar-refractivity contribution in [3.05, 3.63) is 62.8 Å². The number of aliphatic hydroxyl groups excluding tert-OH is 1. The summed E-state index contributed by atoms with van der Waals surface area (Å²) < 4.78 is 27.8. The molecule has 0 fully saturated rings. The molecule has 1 aromatic heterocycles. The largest absolute Gasteiger partial charge is 0.382 e. The molecule has 31 heavy (non-hydrogen) atoms. The molecule has 0 bridgehead atoms. The Morgan fingerprint density at radius 2 is 2.03 bits per heavy atom. The van der Waals surface area contributed by atoms with Gasteiger partial charge >= 0.3 is 0 Å². The summed E-state index contributed by atoms with van der Waals surface area (Å²) in [5.74, 6) is -0.146. The van der Waals surface area contributed by atoms with Gasteiger partial charge in [0.1, 0.15) is 6.10 Å². The van der Waals surface area contributed by atoms with Gasteiger partial charge in [-0.05, 0) is 47.7 Å². The fourth-order valence-corrected chi connectivity index (χ4v) is 4.97. The first-order chi connectivity index (χ1) is 14.7. The lowest BCUT2D eigenvalue weighted by Gasteiger charge is -2.37. The number of aromatic nitrogens is 2. The molecule has 0 unspecified atom stereocenters. The van der Waals surface area contributed by atoms with Crippen LogP contribution in [0.2, 0.25) is 10.2 Å². The number of amides is 1. The number of nitrogens with zero attached hydrogens (tertiary/aromatic N) is 3. The van der Waals surface area contributed by atoms with Crippen molar-refractivity contribution in [3.63, 3.8) is 0 Å². The highest BCUT2D eigenvalue weighted by Gasteiger charge is 2.32. The molecular formula is C22H21Cl2F2N3O2. The fraction of sp³-hybridized carbons (Fsp3) is 0.364. The maximum Gasteiger partial charge on any atom is 0.268 e. The van der Waals surface area contributed by atoms with E-state index in [0.717, 1.165) is 11.1 Å². The van der Waals surface area contributed by atoms with Gasteiger partial charge in [-0.3, -0.25) is 9.48 Å². The zero-order valence-corrected chi connectivity index (χ0v) is 18.5. The van der Waals surface area contributed by atoms with E-state index in [1.807, 2.05) is 13.0 Å². The highest BCUT2D eigenvalue weighted by atomic mass is 35.5. The Morgan fingerprint density at radius 3 is 2.74 bits per heavy atom. The number of benzene rings is 2. The standard InChI is InChI=1S/C22H21Cl2F2N3O2/c1-11-12-4-3-5-14(20(31)22(25)26)13(12)8-9-29(11)18(30)10-15-16(23)6-7-17-19(15)21(24)27-28(17)2/h3-7,11,20,22,31H,8-10H2,1-2H3/t11-,20-/m0/s1. The molecule has 3 aromatic rings. The van der Waals surface area contributed by atoms with Gasteiger partial charge in [-0.2, -0.15) is 5.10 Å². The lowest BCUT2D eigenvalue weighted by molar-refractivity contribution is -0.133. The summed E-state index contributed by atoms with van der Waals surface area (Å²) in [6, 6.07) is 8.16. The second-order valence-electron chi connectivity index (χ2n) is 7.72. The number of hydrogen-bond acceptors (Lipinski definition) is 3. The van der Waals surface area contributed by atoms with E-state index in [-0.39, 0.29) is 29.1 Å². The average molecular weight is 468 g/mol. The van der Waals surface area contributed by atoms with Crippen molar-refractivity contribution >= 4 is 40.0 Å². The number of carbonyl (C=O) groups is 1. The first kappa shape index (κ1) is 22.0. The lowest BCUT2D eigenvalue weighted by Crippen LogP contribution is -2.40. The Balaban J connectivity index is 1.65. The van der Waals surface area contributed by atoms with Crippen molar-refractivity contribution in [1.29, 1.82) is 0 Å². The first-order valence-electron chi connectivity index (χ1n) is 9.87. The molecule has 1 amide bonds. The van der Waals surface area contributed by atoms with Gasteiger partial charge in [0.25, 0.3) is 6.43 Å². The number of fused-ring (bicyclic) bond motifs is 2. The summed E-state index contributed by atoms with van der Waals surface area (Å²) >= 11 is 12.7. The predicted molar refractivity (Wildman–Crippen MR) is 116 cm³/mol. The van der Waals surface area contributed by atoms with E-state index in [0.29, 0.717) is 34.5 Å². The van der Waals surface area contributed by atoms with Crippen molar-refractivity contribution in [1.82, 2.24) is 14.7 Å². The molecule has 0 saturated carbocycles. The normalized spacial score (nSPS) is 17.3. The maximum absolute atomic E-state index is 13.3. The molecule has 1 aliphatic rings. The minimum absolute atomic E-state index is 0.0423. The average Bonchev–Trinajstić information content (AvgIpc) is 3.02. The third kappa shape index (κ3) is 3.79. The van der Waals surface area contributed by atoms with Gasteiger partial charge in [0.05, 0.1) is 18.0 Å². The van der Waals surface area contributed by atoms with E-state index >= 15 is 0 Å². The minimum Gasteiger partial charge on any atom is -0.382 e. The van der Waals surface area contributed by atoms with Crippen LogP contribution in [0.1, 0.15) is 41.3 Å². The van der Waals surface area contributed by atoms with Gasteiger partial charge in [-0.15, -0.1) is 0 Å². The van der Waals surface area contributed by atoms with Crippen LogP contribution in [0.5, 0.6) is 0 Å². The molecular weight excluding hydrogens is 447 g/mol. The molecule has 2 aromatic carbocycles. The molecule has 1 aliphatic heterocycles. The number of alkyl halides is 2. The Bertz CT molecular complexity index is 1170. The monoisotopic (exact) mass is 467 g/mol. The second-order valence-corrected chi connectivity index (χ2v) is 8.48. The summed E-state index contributed by atoms with van der Waals surface area (Å²) in [7, 11) is 1.77. The van der Waals surface area contributed by atoms with E-state index in [1.54, 1.807) is 34.8 Å². The number of carbonyl (C=O) groups excluding carboxylic acids is 1. The molecule has 2 atom stereocenters. The smallest absolute Gasteiger partial charge is 0.268 e. The van der Waals surface area contributed by atoms with Crippen LogP contribution in [0.4, 0.5) is 8.78 Å². The van der Waals surface area contributed by atoms with Crippen LogP contribution < -0.4 is 0 Å². The van der Waals surface area contributed by atoms with Gasteiger partial charge in [-0.25, -0.2) is 8.78 Å². The van der Waals surface area contributed by atoms with Crippen LogP contribution in [0.25, 0.3) is 10.9 Å². The van der Waals surface area contributed by atoms with Crippen molar-refractivity contribution in [2.45, 2.75) is 38.3 Å². The summed E-state index contributed by atoms with van der Waals surface area (Å²) in [6.45, 7) is 2.21. The van der Waals surface area contributed by atoms with Crippen LogP contribution in [0.3, 0.4) is 0 Å². The molecule has 0 aliphatic carbocycles. The molecule has 4 rings (SSSR count). The van der Waals surface area contributed by atoms with Gasteiger partial charge in [-0.1, -0.05) is 41.4 Å². The van der Waals surface area contributed by atoms with Crippen LogP contribution in [0, 0.1) is 0 Å². The lowest BCUT2D eigenvalue weighted by atomic mass is 9.87. The summed E-state index contributed by atoms with van der Waals surface area (Å²) in [5.41, 5.74) is 3.06. The molecule has 0 saturated heterocycles. The van der Waals surface area contributed by atoms with Crippen molar-refractivity contribution in [2.24, 2.45) is 7.05 Å². The molecule has 164 valence electrons. The molecule has 1 N–H and O–H groups in total. The van der Waals surface area contributed by atoms with Crippen LogP contribution in [-0.4, -0.2) is 38.7 Å². The molecule has 5 nitrogen and oxygen atoms in total. The molecule has 0 radical (unpaired) electrons. The number of aliphatic hydroxyl groups is 1. The topological polar surface area (TPSA) is 58.4 Å². The highest BCUT2D eigenvalue weighted by Crippen LogP contribution is 2.37. The maximum atomic E-state index is 13.3. The van der Waals surface area contributed by atoms with Crippen molar-refractivity contribution in [2.75, 3.05) is 6.54 Å². The van der Waals surface area contributed by atoms with Gasteiger partial charge in [0.2, 0.25) is 5.91 Å². The SMILES string of the molecule is C[C@H]1c2cccc([C@H](O)C(F)F)c2CCN1C(=O)Cc1c(Cl)ccc2c1c(Cl)nn2C. The number of halogens is 4. The van der Waals surface area contributed by atoms with E-state index in [4.69, 9.17) is 23.2 Å². The third-order valence-corrected chi connectivity index (χ3v) is 6.62. The molecule has 9 heteroatoms. The number of aryl methyl sites for hydroxylation is 1. The van der Waals surface area contributed by atoms with Gasteiger partial charge < -0.3 is 10.0 Å². The Labute approximate surface area is 188 Å². The second kappa shape index (κ2) is 8.37. The van der Waals surface area contributed by atoms with Crippen molar-refractivity contribution in [3.8, 4) is 0 Å². The number of rotatable bonds is 4. The van der Waals surface area contributed by atoms with E-state index in [1.165, 1.54) is 6.07 Å². The molecule has 0 spiro atoms. The third-order valence-electron chi connectivity index (χ3n) is 6.00. The van der Waals surface area contributed by atoms with Crippen LogP contribution in [-0.2, 0) is 24.7 Å². The fourth-order valence-electron chi connectivity index (χ4n) is 4.42. The highest BCUT2D eigenvalue weighted by molar-refractivity contribution is 6.37. The van der Waals surface area contributed by atoms with E-state index < -0.39 is 12.5 Å². The predicted octanol–water partition coefficient (Wildman–Crippen LogP) is 4.87.